The first-order valence-electron chi connectivity index (χ1n) is 6.96. The van der Waals surface area contributed by atoms with Crippen LogP contribution in [0, 0.1) is 0 Å². The fraction of sp³-hybridized carbons (Fsp3) is 0.0588. The van der Waals surface area contributed by atoms with Crippen LogP contribution in [0.4, 0.5) is 11.4 Å². The Morgan fingerprint density at radius 2 is 1.62 bits per heavy atom. The number of imide groups is 1. The van der Waals surface area contributed by atoms with Crippen molar-refractivity contribution < 1.29 is 14.3 Å². The fourth-order valence-electron chi connectivity index (χ4n) is 2.25. The summed E-state index contributed by atoms with van der Waals surface area (Å²) < 4.78 is 5.98. The van der Waals surface area contributed by atoms with Crippen molar-refractivity contribution in [2.24, 2.45) is 0 Å². The summed E-state index contributed by atoms with van der Waals surface area (Å²) in [6.07, 6.45) is 0. The molecule has 7 heteroatoms. The molecule has 0 atom stereocenters. The first-order chi connectivity index (χ1) is 11.5. The molecule has 2 aromatic rings. The molecule has 2 amide bonds. The highest BCUT2D eigenvalue weighted by Gasteiger charge is 2.38. The van der Waals surface area contributed by atoms with E-state index < -0.39 is 11.8 Å². The number of nitrogens with zero attached hydrogens (tertiary/aromatic N) is 1. The predicted octanol–water partition coefficient (Wildman–Crippen LogP) is 3.89. The highest BCUT2D eigenvalue weighted by atomic mass is 79.9. The Balaban J connectivity index is 1.87. The minimum atomic E-state index is -0.563. The third-order valence-corrected chi connectivity index (χ3v) is 4.35. The summed E-state index contributed by atoms with van der Waals surface area (Å²) in [6.45, 7) is 0. The van der Waals surface area contributed by atoms with E-state index in [2.05, 4.69) is 21.2 Å². The van der Waals surface area contributed by atoms with Gasteiger partial charge in [-0.1, -0.05) is 27.5 Å². The van der Waals surface area contributed by atoms with Crippen molar-refractivity contribution in [3.8, 4) is 5.75 Å². The van der Waals surface area contributed by atoms with Crippen molar-refractivity contribution in [3.63, 3.8) is 0 Å². The number of methoxy groups -OCH3 is 1. The Morgan fingerprint density at radius 1 is 1.00 bits per heavy atom. The minimum absolute atomic E-state index is 0.0554. The summed E-state index contributed by atoms with van der Waals surface area (Å²) in [4.78, 5) is 26.0. The third kappa shape index (κ3) is 3.02. The molecular formula is C17H12BrClN2O3. The van der Waals surface area contributed by atoms with Gasteiger partial charge in [0.05, 0.1) is 12.8 Å². The van der Waals surface area contributed by atoms with E-state index >= 15 is 0 Å². The highest BCUT2D eigenvalue weighted by molar-refractivity contribution is 9.10. The van der Waals surface area contributed by atoms with Gasteiger partial charge in [-0.15, -0.1) is 0 Å². The Bertz CT molecular complexity index is 832. The summed E-state index contributed by atoms with van der Waals surface area (Å²) in [5.74, 6) is -0.436. The summed E-state index contributed by atoms with van der Waals surface area (Å²) >= 11 is 9.42. The number of anilines is 2. The maximum Gasteiger partial charge on any atom is 0.283 e. The zero-order valence-corrected chi connectivity index (χ0v) is 14.9. The molecule has 0 fully saturated rings. The first kappa shape index (κ1) is 16.5. The van der Waals surface area contributed by atoms with Gasteiger partial charge in [-0.2, -0.15) is 0 Å². The zero-order chi connectivity index (χ0) is 17.3. The van der Waals surface area contributed by atoms with E-state index in [1.807, 2.05) is 12.1 Å². The van der Waals surface area contributed by atoms with Crippen molar-refractivity contribution >= 4 is 50.7 Å². The molecule has 0 spiro atoms. The average Bonchev–Trinajstić information content (AvgIpc) is 2.80. The molecule has 0 unspecified atom stereocenters. The molecule has 0 aliphatic carbocycles. The van der Waals surface area contributed by atoms with Crippen LogP contribution in [0.25, 0.3) is 0 Å². The molecule has 0 saturated heterocycles. The van der Waals surface area contributed by atoms with E-state index in [4.69, 9.17) is 16.3 Å². The monoisotopic (exact) mass is 406 g/mol. The number of benzene rings is 2. The number of rotatable bonds is 4. The molecule has 122 valence electrons. The van der Waals surface area contributed by atoms with Crippen LogP contribution in [0.2, 0.25) is 0 Å². The van der Waals surface area contributed by atoms with Gasteiger partial charge in [0.15, 0.2) is 0 Å². The topological polar surface area (TPSA) is 58.6 Å². The van der Waals surface area contributed by atoms with Crippen LogP contribution in [0.15, 0.2) is 63.7 Å². The van der Waals surface area contributed by atoms with E-state index in [0.29, 0.717) is 17.1 Å². The number of carbonyl (C=O) groups excluding carboxylic acids is 2. The lowest BCUT2D eigenvalue weighted by atomic mass is 10.2. The number of hydrogen-bond donors (Lipinski definition) is 1. The highest BCUT2D eigenvalue weighted by Crippen LogP contribution is 2.31. The number of amides is 2. The molecule has 1 heterocycles. The van der Waals surface area contributed by atoms with E-state index in [0.717, 1.165) is 9.37 Å². The van der Waals surface area contributed by atoms with Gasteiger partial charge in [-0.3, -0.25) is 9.59 Å². The smallest absolute Gasteiger partial charge is 0.283 e. The van der Waals surface area contributed by atoms with Crippen LogP contribution >= 0.6 is 27.5 Å². The molecule has 5 nitrogen and oxygen atoms in total. The quantitative estimate of drug-likeness (QED) is 0.781. The molecule has 0 saturated carbocycles. The Kier molecular flexibility index (Phi) is 4.59. The number of halogens is 2. The summed E-state index contributed by atoms with van der Waals surface area (Å²) in [7, 11) is 1.54. The summed E-state index contributed by atoms with van der Waals surface area (Å²) in [5.41, 5.74) is 1.14. The van der Waals surface area contributed by atoms with E-state index in [1.165, 1.54) is 0 Å². The second-order valence-corrected chi connectivity index (χ2v) is 6.26. The predicted molar refractivity (Wildman–Crippen MR) is 96.1 cm³/mol. The van der Waals surface area contributed by atoms with Crippen LogP contribution in [0.5, 0.6) is 5.75 Å². The fourth-order valence-corrected chi connectivity index (χ4v) is 2.73. The molecule has 0 radical (unpaired) electrons. The standard InChI is InChI=1S/C17H12BrClN2O3/c1-24-13-8-6-12(7-9-13)21-16(22)14(19)15(17(21)23)20-11-4-2-10(18)3-5-11/h2-9,20H,1H3. The lowest BCUT2D eigenvalue weighted by Crippen LogP contribution is -2.32. The van der Waals surface area contributed by atoms with Gasteiger partial charge in [-0.25, -0.2) is 4.90 Å². The van der Waals surface area contributed by atoms with E-state index in [-0.39, 0.29) is 10.7 Å². The van der Waals surface area contributed by atoms with Gasteiger partial charge in [0.1, 0.15) is 16.5 Å². The Hall–Kier alpha value is -2.31. The van der Waals surface area contributed by atoms with Crippen LogP contribution in [0.3, 0.4) is 0 Å². The summed E-state index contributed by atoms with van der Waals surface area (Å²) in [6, 6.07) is 13.8. The Labute approximate surface area is 152 Å². The molecule has 1 N–H and O–H groups in total. The van der Waals surface area contributed by atoms with Crippen LogP contribution < -0.4 is 15.0 Å². The largest absolute Gasteiger partial charge is 0.497 e. The van der Waals surface area contributed by atoms with Crippen LogP contribution in [-0.4, -0.2) is 18.9 Å². The third-order valence-electron chi connectivity index (χ3n) is 3.47. The van der Waals surface area contributed by atoms with E-state index in [9.17, 15) is 9.59 Å². The van der Waals surface area contributed by atoms with Crippen molar-refractivity contribution in [1.82, 2.24) is 0 Å². The lowest BCUT2D eigenvalue weighted by Gasteiger charge is -2.15. The van der Waals surface area contributed by atoms with Crippen molar-refractivity contribution in [1.29, 1.82) is 0 Å². The molecule has 1 aliphatic heterocycles. The maximum atomic E-state index is 12.6. The maximum absolute atomic E-state index is 12.6. The van der Waals surface area contributed by atoms with Gasteiger partial charge >= 0.3 is 0 Å². The molecule has 0 bridgehead atoms. The van der Waals surface area contributed by atoms with Gasteiger partial charge in [0.2, 0.25) is 0 Å². The minimum Gasteiger partial charge on any atom is -0.497 e. The molecule has 2 aromatic carbocycles. The van der Waals surface area contributed by atoms with Gasteiger partial charge in [-0.05, 0) is 48.5 Å². The SMILES string of the molecule is COc1ccc(N2C(=O)C(Cl)=C(Nc3ccc(Br)cc3)C2=O)cc1. The van der Waals surface area contributed by atoms with Gasteiger partial charge in [0.25, 0.3) is 11.8 Å². The number of nitrogens with one attached hydrogen (secondary N) is 1. The average molecular weight is 408 g/mol. The van der Waals surface area contributed by atoms with Crippen molar-refractivity contribution in [2.45, 2.75) is 0 Å². The molecular weight excluding hydrogens is 396 g/mol. The second-order valence-electron chi connectivity index (χ2n) is 4.96. The normalized spacial score (nSPS) is 14.4. The van der Waals surface area contributed by atoms with Crippen LogP contribution in [0.1, 0.15) is 0 Å². The van der Waals surface area contributed by atoms with Crippen LogP contribution in [-0.2, 0) is 9.59 Å². The van der Waals surface area contributed by atoms with Crippen molar-refractivity contribution in [3.05, 3.63) is 63.7 Å². The van der Waals surface area contributed by atoms with E-state index in [1.54, 1.807) is 43.5 Å². The molecule has 0 aromatic heterocycles. The first-order valence-corrected chi connectivity index (χ1v) is 8.13. The number of ether oxygens (including phenoxy) is 1. The second kappa shape index (κ2) is 6.67. The zero-order valence-electron chi connectivity index (χ0n) is 12.5. The molecule has 24 heavy (non-hydrogen) atoms. The molecule has 1 aliphatic rings. The number of carbonyl (C=O) groups is 2. The summed E-state index contributed by atoms with van der Waals surface area (Å²) in [5, 5.41) is 2.77. The molecule has 3 rings (SSSR count). The number of hydrogen-bond acceptors (Lipinski definition) is 4. The van der Waals surface area contributed by atoms with Gasteiger partial charge < -0.3 is 10.1 Å². The van der Waals surface area contributed by atoms with Crippen molar-refractivity contribution in [2.75, 3.05) is 17.3 Å². The lowest BCUT2D eigenvalue weighted by molar-refractivity contribution is -0.120. The van der Waals surface area contributed by atoms with Gasteiger partial charge in [0, 0.05) is 10.2 Å². The Morgan fingerprint density at radius 3 is 2.21 bits per heavy atom.